The first-order valence-electron chi connectivity index (χ1n) is 12.2. The van der Waals surface area contributed by atoms with Crippen LogP contribution in [0.3, 0.4) is 0 Å². The van der Waals surface area contributed by atoms with Gasteiger partial charge in [-0.3, -0.25) is 15.1 Å². The Hall–Kier alpha value is -4.63. The minimum Gasteiger partial charge on any atom is -0.374 e. The van der Waals surface area contributed by atoms with Gasteiger partial charge in [0.15, 0.2) is 0 Å². The Kier molecular flexibility index (Phi) is 5.82. The molecule has 9 heteroatoms. The molecule has 0 bridgehead atoms. The molecule has 0 saturated heterocycles. The monoisotopic (exact) mass is 490 g/mol. The zero-order valence-electron chi connectivity index (χ0n) is 20.5. The van der Waals surface area contributed by atoms with Gasteiger partial charge in [0, 0.05) is 35.1 Å². The van der Waals surface area contributed by atoms with Crippen molar-refractivity contribution >= 4 is 27.8 Å². The molecular weight excluding hydrogens is 464 g/mol. The third-order valence-corrected chi connectivity index (χ3v) is 6.20. The van der Waals surface area contributed by atoms with Crippen LogP contribution in [-0.2, 0) is 0 Å². The predicted molar refractivity (Wildman–Crippen MR) is 145 cm³/mol. The molecule has 0 aliphatic heterocycles. The summed E-state index contributed by atoms with van der Waals surface area (Å²) in [7, 11) is 0. The number of aromatic nitrogens is 7. The maximum atomic E-state index is 10.3. The van der Waals surface area contributed by atoms with Crippen molar-refractivity contribution in [1.82, 2.24) is 35.1 Å². The fourth-order valence-corrected chi connectivity index (χ4v) is 4.50. The molecule has 9 nitrogen and oxygen atoms in total. The minimum atomic E-state index is -0.639. The van der Waals surface area contributed by atoms with Gasteiger partial charge < -0.3 is 15.4 Å². The largest absolute Gasteiger partial charge is 0.374 e. The summed E-state index contributed by atoms with van der Waals surface area (Å²) in [6, 6.07) is 15.7. The number of H-pyrrole nitrogens is 2. The van der Waals surface area contributed by atoms with Crippen molar-refractivity contribution in [3.8, 4) is 33.9 Å². The number of hydrogen-bond donors (Lipinski definition) is 4. The van der Waals surface area contributed by atoms with Crippen LogP contribution in [-0.4, -0.2) is 46.5 Å². The van der Waals surface area contributed by atoms with Gasteiger partial charge in [-0.2, -0.15) is 5.10 Å². The summed E-state index contributed by atoms with van der Waals surface area (Å²) < 4.78 is 0. The number of aliphatic hydroxyl groups excluding tert-OH is 1. The molecule has 6 heterocycles. The Labute approximate surface area is 213 Å². The van der Waals surface area contributed by atoms with E-state index < -0.39 is 6.23 Å². The molecule has 0 radical (unpaired) electrons. The molecule has 184 valence electrons. The molecular formula is C28H26N8O. The van der Waals surface area contributed by atoms with Crippen molar-refractivity contribution in [2.24, 2.45) is 5.92 Å². The van der Waals surface area contributed by atoms with E-state index >= 15 is 0 Å². The highest BCUT2D eigenvalue weighted by Crippen LogP contribution is 2.33. The van der Waals surface area contributed by atoms with Crippen LogP contribution in [0.2, 0.25) is 0 Å². The van der Waals surface area contributed by atoms with Gasteiger partial charge in [-0.05, 0) is 54.8 Å². The van der Waals surface area contributed by atoms with Crippen LogP contribution in [0.1, 0.15) is 20.3 Å². The molecule has 0 amide bonds. The van der Waals surface area contributed by atoms with Crippen molar-refractivity contribution < 1.29 is 5.11 Å². The summed E-state index contributed by atoms with van der Waals surface area (Å²) in [4.78, 5) is 21.7. The second-order valence-electron chi connectivity index (χ2n) is 9.44. The molecule has 0 aliphatic carbocycles. The third kappa shape index (κ3) is 4.52. The normalized spacial score (nSPS) is 12.4. The minimum absolute atomic E-state index is 0.377. The highest BCUT2D eigenvalue weighted by atomic mass is 16.3. The maximum absolute atomic E-state index is 10.3. The summed E-state index contributed by atoms with van der Waals surface area (Å²) in [5, 5.41) is 22.0. The molecule has 6 aromatic rings. The Bertz CT molecular complexity index is 1690. The highest BCUT2D eigenvalue weighted by Gasteiger charge is 2.16. The average molecular weight is 491 g/mol. The summed E-state index contributed by atoms with van der Waals surface area (Å²) >= 11 is 0. The number of aromatic amines is 2. The summed E-state index contributed by atoms with van der Waals surface area (Å²) in [6.07, 6.45) is 7.03. The van der Waals surface area contributed by atoms with Gasteiger partial charge in [0.1, 0.15) is 23.1 Å². The van der Waals surface area contributed by atoms with Crippen molar-refractivity contribution in [2.75, 3.05) is 5.32 Å². The van der Waals surface area contributed by atoms with Gasteiger partial charge >= 0.3 is 0 Å². The lowest BCUT2D eigenvalue weighted by Crippen LogP contribution is -2.20. The van der Waals surface area contributed by atoms with Crippen LogP contribution in [0.15, 0.2) is 73.3 Å². The van der Waals surface area contributed by atoms with Gasteiger partial charge in [0.05, 0.1) is 34.5 Å². The van der Waals surface area contributed by atoms with Crippen molar-refractivity contribution in [3.05, 3.63) is 73.3 Å². The van der Waals surface area contributed by atoms with E-state index in [0.717, 1.165) is 56.0 Å². The first-order valence-corrected chi connectivity index (χ1v) is 12.2. The van der Waals surface area contributed by atoms with Gasteiger partial charge in [-0.25, -0.2) is 9.97 Å². The zero-order chi connectivity index (χ0) is 25.4. The Morgan fingerprint density at radius 2 is 1.89 bits per heavy atom. The van der Waals surface area contributed by atoms with E-state index in [1.54, 1.807) is 24.8 Å². The van der Waals surface area contributed by atoms with Crippen LogP contribution in [0, 0.1) is 5.92 Å². The Morgan fingerprint density at radius 1 is 0.973 bits per heavy atom. The van der Waals surface area contributed by atoms with Crippen LogP contribution >= 0.6 is 0 Å². The number of pyridine rings is 4. The standard InChI is InChI=1S/C28H26N8O/c1-16(2)11-25(37)32-18-12-17(14-29-15-18)21-6-7-23-26(33-21)27(36-35-23)24-13-20-19(8-10-31-28(20)34-24)22-5-3-4-9-30-22/h3-10,12-16,25,32,37H,11H2,1-2H3,(H,31,34)(H,35,36). The number of nitrogens with zero attached hydrogens (tertiary/aromatic N) is 5. The third-order valence-electron chi connectivity index (χ3n) is 6.20. The van der Waals surface area contributed by atoms with Gasteiger partial charge in [-0.1, -0.05) is 19.9 Å². The summed E-state index contributed by atoms with van der Waals surface area (Å²) in [6.45, 7) is 4.15. The van der Waals surface area contributed by atoms with Crippen molar-refractivity contribution in [2.45, 2.75) is 26.5 Å². The van der Waals surface area contributed by atoms with Gasteiger partial charge in [0.2, 0.25) is 0 Å². The Morgan fingerprint density at radius 3 is 2.73 bits per heavy atom. The first-order chi connectivity index (χ1) is 18.0. The number of nitrogens with one attached hydrogen (secondary N) is 3. The number of rotatable bonds is 7. The smallest absolute Gasteiger partial charge is 0.138 e. The first kappa shape index (κ1) is 22.8. The van der Waals surface area contributed by atoms with Crippen LogP contribution in [0.5, 0.6) is 0 Å². The summed E-state index contributed by atoms with van der Waals surface area (Å²) in [5.41, 5.74) is 8.05. The van der Waals surface area contributed by atoms with Crippen LogP contribution in [0.4, 0.5) is 5.69 Å². The number of anilines is 1. The number of aliphatic hydroxyl groups is 1. The molecule has 0 aliphatic rings. The van der Waals surface area contributed by atoms with E-state index in [4.69, 9.17) is 4.98 Å². The maximum Gasteiger partial charge on any atom is 0.138 e. The Balaban J connectivity index is 1.38. The molecule has 1 atom stereocenters. The molecule has 6 rings (SSSR count). The van der Waals surface area contributed by atoms with Crippen molar-refractivity contribution in [3.63, 3.8) is 0 Å². The highest BCUT2D eigenvalue weighted by molar-refractivity contribution is 5.98. The second-order valence-corrected chi connectivity index (χ2v) is 9.44. The quantitative estimate of drug-likeness (QED) is 0.221. The number of fused-ring (bicyclic) bond motifs is 2. The summed E-state index contributed by atoms with van der Waals surface area (Å²) in [5.74, 6) is 0.377. The zero-order valence-corrected chi connectivity index (χ0v) is 20.5. The molecule has 6 aromatic heterocycles. The van der Waals surface area contributed by atoms with Gasteiger partial charge in [0.25, 0.3) is 0 Å². The van der Waals surface area contributed by atoms with Gasteiger partial charge in [-0.15, -0.1) is 0 Å². The number of hydrogen-bond acceptors (Lipinski definition) is 7. The lowest BCUT2D eigenvalue weighted by molar-refractivity contribution is 0.176. The van der Waals surface area contributed by atoms with E-state index in [1.165, 1.54) is 0 Å². The van der Waals surface area contributed by atoms with Crippen molar-refractivity contribution in [1.29, 1.82) is 0 Å². The fourth-order valence-electron chi connectivity index (χ4n) is 4.50. The molecule has 4 N–H and O–H groups in total. The van der Waals surface area contributed by atoms with Crippen LogP contribution in [0.25, 0.3) is 56.0 Å². The lowest BCUT2D eigenvalue weighted by atomic mass is 10.1. The fraction of sp³-hybridized carbons (Fsp3) is 0.179. The van der Waals surface area contributed by atoms with E-state index in [0.29, 0.717) is 18.0 Å². The molecule has 0 saturated carbocycles. The van der Waals surface area contributed by atoms with E-state index in [2.05, 4.69) is 49.3 Å². The van der Waals surface area contributed by atoms with E-state index in [9.17, 15) is 5.11 Å². The molecule has 37 heavy (non-hydrogen) atoms. The topological polar surface area (TPSA) is 128 Å². The lowest BCUT2D eigenvalue weighted by Gasteiger charge is -2.16. The average Bonchev–Trinajstić information content (AvgIpc) is 3.52. The second kappa shape index (κ2) is 9.44. The SMILES string of the molecule is CC(C)CC(O)Nc1cncc(-c2ccc3[nH]nc(-c4cc5c(-c6ccccn6)ccnc5[nH]4)c3n2)c1. The molecule has 0 fully saturated rings. The molecule has 0 aromatic carbocycles. The predicted octanol–water partition coefficient (Wildman–Crippen LogP) is 5.40. The van der Waals surface area contributed by atoms with E-state index in [1.807, 2.05) is 48.5 Å². The van der Waals surface area contributed by atoms with Crippen LogP contribution < -0.4 is 5.32 Å². The van der Waals surface area contributed by atoms with E-state index in [-0.39, 0.29) is 0 Å². The molecule has 0 spiro atoms. The molecule has 1 unspecified atom stereocenters.